The smallest absolute Gasteiger partial charge is 0.00196 e. The molecule has 0 saturated heterocycles. The van der Waals surface area contributed by atoms with Crippen LogP contribution in [0.3, 0.4) is 0 Å². The van der Waals surface area contributed by atoms with Gasteiger partial charge in [-0.1, -0.05) is 37.4 Å². The molecule has 0 atom stereocenters. The summed E-state index contributed by atoms with van der Waals surface area (Å²) < 4.78 is 0. The minimum absolute atomic E-state index is 1.16. The fraction of sp³-hybridized carbons (Fsp3) is 0.0909. The van der Waals surface area contributed by atoms with Crippen molar-refractivity contribution in [2.75, 3.05) is 0 Å². The molecule has 0 heteroatoms. The Balaban J connectivity index is 2.61. The van der Waals surface area contributed by atoms with E-state index in [4.69, 9.17) is 0 Å². The molecule has 1 aromatic carbocycles. The molecule has 0 saturated carbocycles. The molecule has 1 aliphatic rings. The molecule has 0 fully saturated rings. The molecule has 0 N–H and O–H groups in total. The van der Waals surface area contributed by atoms with Crippen LogP contribution in [0.5, 0.6) is 0 Å². The molecule has 1 aliphatic carbocycles. The van der Waals surface area contributed by atoms with Gasteiger partial charge in [-0.15, -0.1) is 0 Å². The Bertz CT molecular complexity index is 299. The van der Waals surface area contributed by atoms with Gasteiger partial charge in [0.15, 0.2) is 0 Å². The largest absolute Gasteiger partial charge is 0.0984 e. The Morgan fingerprint density at radius 1 is 1.00 bits per heavy atom. The van der Waals surface area contributed by atoms with E-state index < -0.39 is 0 Å². The maximum absolute atomic E-state index is 3.76. The van der Waals surface area contributed by atoms with Crippen LogP contribution in [0.4, 0.5) is 0 Å². The summed E-state index contributed by atoms with van der Waals surface area (Å²) in [5.41, 5.74) is 5.34. The summed E-state index contributed by atoms with van der Waals surface area (Å²) in [4.78, 5) is 0. The van der Waals surface area contributed by atoms with Crippen LogP contribution in [0.2, 0.25) is 0 Å². The third-order valence-electron chi connectivity index (χ3n) is 2.10. The number of hydrogen-bond acceptors (Lipinski definition) is 0. The fourth-order valence-electron chi connectivity index (χ4n) is 1.34. The maximum atomic E-state index is 3.76. The summed E-state index contributed by atoms with van der Waals surface area (Å²) in [6.07, 6.45) is 4.93. The highest BCUT2D eigenvalue weighted by atomic mass is 14.2. The van der Waals surface area contributed by atoms with Crippen LogP contribution >= 0.6 is 0 Å². The molecule has 0 aliphatic heterocycles. The molecule has 0 aromatic heterocycles. The Morgan fingerprint density at radius 3 is 1.82 bits per heavy atom. The molecule has 54 valence electrons. The molecule has 11 heavy (non-hydrogen) atoms. The summed E-state index contributed by atoms with van der Waals surface area (Å²) in [5, 5.41) is 0. The summed E-state index contributed by atoms with van der Waals surface area (Å²) in [6, 6.07) is 4.39. The number of hydrogen-bond donors (Lipinski definition) is 0. The van der Waals surface area contributed by atoms with Gasteiger partial charge in [0.1, 0.15) is 0 Å². The highest BCUT2D eigenvalue weighted by molar-refractivity contribution is 5.68. The molecule has 0 nitrogen and oxygen atoms in total. The number of fused-ring (bicyclic) bond motifs is 1. The lowest BCUT2D eigenvalue weighted by Gasteiger charge is -1.96. The molecule has 0 amide bonds. The van der Waals surface area contributed by atoms with E-state index in [0.717, 1.165) is 6.42 Å². The minimum Gasteiger partial charge on any atom is -0.0984 e. The third-order valence-corrected chi connectivity index (χ3v) is 2.10. The molecule has 0 spiro atoms. The van der Waals surface area contributed by atoms with Gasteiger partial charge in [-0.2, -0.15) is 0 Å². The predicted molar refractivity (Wildman–Crippen MR) is 49.4 cm³/mol. The summed E-state index contributed by atoms with van der Waals surface area (Å²) in [7, 11) is 0. The van der Waals surface area contributed by atoms with Gasteiger partial charge in [0.05, 0.1) is 0 Å². The molecule has 2 rings (SSSR count). The number of benzene rings is 1. The van der Waals surface area contributed by atoms with Gasteiger partial charge < -0.3 is 0 Å². The van der Waals surface area contributed by atoms with Crippen molar-refractivity contribution in [2.24, 2.45) is 0 Å². The third kappa shape index (κ3) is 0.911. The zero-order valence-corrected chi connectivity index (χ0v) is 6.43. The fourth-order valence-corrected chi connectivity index (χ4v) is 1.34. The van der Waals surface area contributed by atoms with Gasteiger partial charge >= 0.3 is 0 Å². The lowest BCUT2D eigenvalue weighted by atomic mass is 10.1. The van der Waals surface area contributed by atoms with Crippen molar-refractivity contribution in [3.05, 3.63) is 47.5 Å². The lowest BCUT2D eigenvalue weighted by Crippen LogP contribution is -1.76. The van der Waals surface area contributed by atoms with Crippen molar-refractivity contribution in [3.8, 4) is 0 Å². The molecule has 0 radical (unpaired) electrons. The van der Waals surface area contributed by atoms with Crippen LogP contribution in [0.15, 0.2) is 25.3 Å². The van der Waals surface area contributed by atoms with Crippen molar-refractivity contribution in [2.45, 2.75) is 6.42 Å². The predicted octanol–water partition coefficient (Wildman–Crippen LogP) is 2.88. The van der Waals surface area contributed by atoms with E-state index in [2.05, 4.69) is 25.3 Å². The monoisotopic (exact) mass is 142 g/mol. The van der Waals surface area contributed by atoms with Gasteiger partial charge in [-0.25, -0.2) is 0 Å². The summed E-state index contributed by atoms with van der Waals surface area (Å²) in [5.74, 6) is 0. The number of rotatable bonds is 2. The first-order valence-electron chi connectivity index (χ1n) is 3.76. The van der Waals surface area contributed by atoms with Crippen molar-refractivity contribution in [1.82, 2.24) is 0 Å². The quantitative estimate of drug-likeness (QED) is 0.604. The van der Waals surface area contributed by atoms with Crippen molar-refractivity contribution < 1.29 is 0 Å². The second-order valence-electron chi connectivity index (χ2n) is 2.83. The van der Waals surface area contributed by atoms with E-state index in [0.29, 0.717) is 0 Å². The van der Waals surface area contributed by atoms with E-state index in [9.17, 15) is 0 Å². The highest BCUT2D eigenvalue weighted by Gasteiger charge is 2.17. The molecule has 0 bridgehead atoms. The van der Waals surface area contributed by atoms with Gasteiger partial charge in [0.2, 0.25) is 0 Å². The average Bonchev–Trinajstić information content (AvgIpc) is 2.79. The Hall–Kier alpha value is -1.30. The van der Waals surface area contributed by atoms with Crippen LogP contribution < -0.4 is 0 Å². The summed E-state index contributed by atoms with van der Waals surface area (Å²) in [6.45, 7) is 7.51. The van der Waals surface area contributed by atoms with E-state index in [-0.39, 0.29) is 0 Å². The van der Waals surface area contributed by atoms with E-state index in [1.807, 2.05) is 12.2 Å². The summed E-state index contributed by atoms with van der Waals surface area (Å²) >= 11 is 0. The van der Waals surface area contributed by atoms with Crippen LogP contribution in [-0.4, -0.2) is 0 Å². The van der Waals surface area contributed by atoms with Gasteiger partial charge in [-0.3, -0.25) is 0 Å². The second-order valence-corrected chi connectivity index (χ2v) is 2.83. The molecule has 1 aromatic rings. The zero-order chi connectivity index (χ0) is 7.84. The topological polar surface area (TPSA) is 0 Å². The van der Waals surface area contributed by atoms with E-state index in [1.54, 1.807) is 0 Å². The average molecular weight is 142 g/mol. The van der Waals surface area contributed by atoms with Crippen molar-refractivity contribution in [3.63, 3.8) is 0 Å². The molecular formula is C11H10. The normalized spacial score (nSPS) is 12.0. The first-order valence-corrected chi connectivity index (χ1v) is 3.76. The highest BCUT2D eigenvalue weighted by Crippen LogP contribution is 2.31. The van der Waals surface area contributed by atoms with Crippen molar-refractivity contribution in [1.29, 1.82) is 0 Å². The maximum Gasteiger partial charge on any atom is -0.00196 e. The lowest BCUT2D eigenvalue weighted by molar-refractivity contribution is 1.60. The molecule has 0 unspecified atom stereocenters. The first kappa shape index (κ1) is 6.41. The zero-order valence-electron chi connectivity index (χ0n) is 6.43. The van der Waals surface area contributed by atoms with Crippen molar-refractivity contribution >= 4 is 12.2 Å². The Morgan fingerprint density at radius 2 is 1.45 bits per heavy atom. The SMILES string of the molecule is C=Cc1cc2c(cc1C=C)C2. The van der Waals surface area contributed by atoms with Crippen LogP contribution in [-0.2, 0) is 6.42 Å². The van der Waals surface area contributed by atoms with Crippen LogP contribution in [0.25, 0.3) is 12.2 Å². The van der Waals surface area contributed by atoms with Crippen LogP contribution in [0, 0.1) is 0 Å². The molecular weight excluding hydrogens is 132 g/mol. The Kier molecular flexibility index (Phi) is 1.22. The minimum atomic E-state index is 1.16. The van der Waals surface area contributed by atoms with Crippen LogP contribution in [0.1, 0.15) is 22.3 Å². The van der Waals surface area contributed by atoms with Gasteiger partial charge in [-0.05, 0) is 28.7 Å². The van der Waals surface area contributed by atoms with E-state index >= 15 is 0 Å². The Labute approximate surface area is 66.9 Å². The van der Waals surface area contributed by atoms with Gasteiger partial charge in [0.25, 0.3) is 0 Å². The second kappa shape index (κ2) is 2.09. The van der Waals surface area contributed by atoms with E-state index in [1.165, 1.54) is 22.3 Å². The molecule has 0 heterocycles. The first-order chi connectivity index (χ1) is 5.35. The van der Waals surface area contributed by atoms with Gasteiger partial charge in [0, 0.05) is 0 Å². The standard InChI is InChI=1S/C11H10/c1-3-8-5-10-7-11(10)6-9(8)4-2/h3-6H,1-2,7H2.